The van der Waals surface area contributed by atoms with Crippen molar-refractivity contribution in [1.29, 1.82) is 0 Å². The first-order valence-electron chi connectivity index (χ1n) is 6.14. The van der Waals surface area contributed by atoms with E-state index in [2.05, 4.69) is 25.4 Å². The molecule has 0 heterocycles. The standard InChI is InChI=1S/C12H27NOS/c1-4-6-11(7-5-2)13-12(10-14)8-9-15-3/h11-14H,4-10H2,1-3H3. The number of thioether (sulfide) groups is 1. The molecule has 0 saturated carbocycles. The molecular formula is C12H27NOS. The summed E-state index contributed by atoms with van der Waals surface area (Å²) in [4.78, 5) is 0. The first kappa shape index (κ1) is 15.3. The first-order chi connectivity index (χ1) is 7.28. The minimum atomic E-state index is 0.268. The van der Waals surface area contributed by atoms with Crippen LogP contribution in [0.25, 0.3) is 0 Å². The van der Waals surface area contributed by atoms with Gasteiger partial charge in [0.1, 0.15) is 0 Å². The number of hydrogen-bond acceptors (Lipinski definition) is 3. The van der Waals surface area contributed by atoms with Crippen LogP contribution in [0.5, 0.6) is 0 Å². The fourth-order valence-electron chi connectivity index (χ4n) is 1.83. The van der Waals surface area contributed by atoms with Crippen molar-refractivity contribution in [2.75, 3.05) is 18.6 Å². The van der Waals surface area contributed by atoms with Gasteiger partial charge in [0.2, 0.25) is 0 Å². The largest absolute Gasteiger partial charge is 0.395 e. The highest BCUT2D eigenvalue weighted by Crippen LogP contribution is 2.08. The van der Waals surface area contributed by atoms with Crippen LogP contribution in [0.1, 0.15) is 46.0 Å². The molecule has 0 aliphatic carbocycles. The lowest BCUT2D eigenvalue weighted by molar-refractivity contribution is 0.222. The Morgan fingerprint density at radius 2 is 1.67 bits per heavy atom. The molecular weight excluding hydrogens is 206 g/mol. The van der Waals surface area contributed by atoms with E-state index in [4.69, 9.17) is 0 Å². The molecule has 0 aromatic rings. The lowest BCUT2D eigenvalue weighted by Gasteiger charge is -2.24. The molecule has 3 heteroatoms. The van der Waals surface area contributed by atoms with Crippen molar-refractivity contribution in [2.45, 2.75) is 58.0 Å². The van der Waals surface area contributed by atoms with Gasteiger partial charge in [0, 0.05) is 12.1 Å². The molecule has 0 rings (SSSR count). The molecule has 0 aromatic heterocycles. The summed E-state index contributed by atoms with van der Waals surface area (Å²) < 4.78 is 0. The fourth-order valence-corrected chi connectivity index (χ4v) is 2.35. The van der Waals surface area contributed by atoms with Crippen molar-refractivity contribution >= 4 is 11.8 Å². The Bertz CT molecular complexity index is 127. The Morgan fingerprint density at radius 3 is 2.07 bits per heavy atom. The summed E-state index contributed by atoms with van der Waals surface area (Å²) in [6.45, 7) is 4.71. The zero-order chi connectivity index (χ0) is 11.5. The van der Waals surface area contributed by atoms with Crippen LogP contribution >= 0.6 is 11.8 Å². The van der Waals surface area contributed by atoms with Crippen LogP contribution < -0.4 is 5.32 Å². The summed E-state index contributed by atoms with van der Waals surface area (Å²) in [5, 5.41) is 12.8. The molecule has 0 fully saturated rings. The van der Waals surface area contributed by atoms with Crippen LogP contribution in [0.3, 0.4) is 0 Å². The third-order valence-electron chi connectivity index (χ3n) is 2.64. The number of hydrogen-bond donors (Lipinski definition) is 2. The maximum Gasteiger partial charge on any atom is 0.0585 e. The van der Waals surface area contributed by atoms with Gasteiger partial charge in [-0.2, -0.15) is 11.8 Å². The molecule has 0 amide bonds. The Kier molecular flexibility index (Phi) is 11.0. The van der Waals surface area contributed by atoms with Crippen molar-refractivity contribution in [3.8, 4) is 0 Å². The molecule has 92 valence electrons. The van der Waals surface area contributed by atoms with Gasteiger partial charge in [-0.05, 0) is 31.3 Å². The van der Waals surface area contributed by atoms with Gasteiger partial charge in [-0.25, -0.2) is 0 Å². The SMILES string of the molecule is CCCC(CCC)NC(CO)CCSC. The lowest BCUT2D eigenvalue weighted by Crippen LogP contribution is -2.40. The van der Waals surface area contributed by atoms with E-state index in [1.807, 2.05) is 11.8 Å². The highest BCUT2D eigenvalue weighted by molar-refractivity contribution is 7.98. The van der Waals surface area contributed by atoms with E-state index in [1.165, 1.54) is 25.7 Å². The summed E-state index contributed by atoms with van der Waals surface area (Å²) in [7, 11) is 0. The van der Waals surface area contributed by atoms with Crippen molar-refractivity contribution in [2.24, 2.45) is 0 Å². The predicted octanol–water partition coefficient (Wildman–Crippen LogP) is 2.66. The molecule has 0 saturated heterocycles. The molecule has 2 nitrogen and oxygen atoms in total. The Labute approximate surface area is 99.2 Å². The molecule has 15 heavy (non-hydrogen) atoms. The zero-order valence-corrected chi connectivity index (χ0v) is 11.3. The van der Waals surface area contributed by atoms with E-state index < -0.39 is 0 Å². The molecule has 0 aliphatic heterocycles. The maximum absolute atomic E-state index is 9.27. The molecule has 2 N–H and O–H groups in total. The monoisotopic (exact) mass is 233 g/mol. The van der Waals surface area contributed by atoms with Gasteiger partial charge < -0.3 is 10.4 Å². The second-order valence-electron chi connectivity index (χ2n) is 4.10. The third-order valence-corrected chi connectivity index (χ3v) is 3.28. The normalized spacial score (nSPS) is 13.4. The summed E-state index contributed by atoms with van der Waals surface area (Å²) in [5.41, 5.74) is 0. The highest BCUT2D eigenvalue weighted by Gasteiger charge is 2.12. The maximum atomic E-state index is 9.27. The van der Waals surface area contributed by atoms with E-state index in [-0.39, 0.29) is 6.61 Å². The van der Waals surface area contributed by atoms with Gasteiger partial charge >= 0.3 is 0 Å². The van der Waals surface area contributed by atoms with Gasteiger partial charge in [0.25, 0.3) is 0 Å². The Morgan fingerprint density at radius 1 is 1.07 bits per heavy atom. The molecule has 1 unspecified atom stereocenters. The van der Waals surface area contributed by atoms with Gasteiger partial charge in [0.15, 0.2) is 0 Å². The van der Waals surface area contributed by atoms with Crippen LogP contribution in [0, 0.1) is 0 Å². The lowest BCUT2D eigenvalue weighted by atomic mass is 10.0. The summed E-state index contributed by atoms with van der Waals surface area (Å²) >= 11 is 1.85. The van der Waals surface area contributed by atoms with E-state index in [1.54, 1.807) is 0 Å². The summed E-state index contributed by atoms with van der Waals surface area (Å²) in [6, 6.07) is 0.888. The van der Waals surface area contributed by atoms with Crippen LogP contribution in [0.15, 0.2) is 0 Å². The average Bonchev–Trinajstić information content (AvgIpc) is 2.24. The predicted molar refractivity (Wildman–Crippen MR) is 70.6 cm³/mol. The average molecular weight is 233 g/mol. The second-order valence-corrected chi connectivity index (χ2v) is 5.09. The topological polar surface area (TPSA) is 32.3 Å². The molecule has 0 bridgehead atoms. The number of aliphatic hydroxyl groups excluding tert-OH is 1. The first-order valence-corrected chi connectivity index (χ1v) is 7.53. The zero-order valence-electron chi connectivity index (χ0n) is 10.5. The molecule has 0 spiro atoms. The van der Waals surface area contributed by atoms with Gasteiger partial charge in [0.05, 0.1) is 6.61 Å². The summed E-state index contributed by atoms with van der Waals surface area (Å²) in [6.07, 6.45) is 8.08. The van der Waals surface area contributed by atoms with E-state index >= 15 is 0 Å². The molecule has 0 aliphatic rings. The second kappa shape index (κ2) is 10.8. The van der Waals surface area contributed by atoms with Crippen molar-refractivity contribution in [3.63, 3.8) is 0 Å². The fraction of sp³-hybridized carbons (Fsp3) is 1.00. The number of aliphatic hydroxyl groups is 1. The van der Waals surface area contributed by atoms with Crippen LogP contribution in [0.4, 0.5) is 0 Å². The summed E-state index contributed by atoms with van der Waals surface area (Å²) in [5.74, 6) is 1.13. The van der Waals surface area contributed by atoms with Gasteiger partial charge in [-0.1, -0.05) is 26.7 Å². The van der Waals surface area contributed by atoms with Gasteiger partial charge in [-0.3, -0.25) is 0 Å². The van der Waals surface area contributed by atoms with E-state index in [0.29, 0.717) is 12.1 Å². The van der Waals surface area contributed by atoms with E-state index in [0.717, 1.165) is 12.2 Å². The van der Waals surface area contributed by atoms with Crippen molar-refractivity contribution in [3.05, 3.63) is 0 Å². The van der Waals surface area contributed by atoms with Crippen molar-refractivity contribution in [1.82, 2.24) is 5.32 Å². The van der Waals surface area contributed by atoms with Crippen LogP contribution in [0.2, 0.25) is 0 Å². The Hall–Kier alpha value is 0.270. The minimum absolute atomic E-state index is 0.268. The number of nitrogens with one attached hydrogen (secondary N) is 1. The smallest absolute Gasteiger partial charge is 0.0585 e. The molecule has 0 aromatic carbocycles. The quantitative estimate of drug-likeness (QED) is 0.608. The molecule has 0 radical (unpaired) electrons. The third kappa shape index (κ3) is 8.12. The van der Waals surface area contributed by atoms with Crippen LogP contribution in [-0.4, -0.2) is 35.8 Å². The highest BCUT2D eigenvalue weighted by atomic mass is 32.2. The Balaban J connectivity index is 3.85. The molecule has 1 atom stereocenters. The van der Waals surface area contributed by atoms with Gasteiger partial charge in [-0.15, -0.1) is 0 Å². The van der Waals surface area contributed by atoms with E-state index in [9.17, 15) is 5.11 Å². The minimum Gasteiger partial charge on any atom is -0.395 e. The number of rotatable bonds is 10. The van der Waals surface area contributed by atoms with Crippen molar-refractivity contribution < 1.29 is 5.11 Å². The van der Waals surface area contributed by atoms with Crippen LogP contribution in [-0.2, 0) is 0 Å².